The summed E-state index contributed by atoms with van der Waals surface area (Å²) in [6, 6.07) is 12.8. The number of hydrogen-bond donors (Lipinski definition) is 1. The van der Waals surface area contributed by atoms with E-state index in [0.29, 0.717) is 23.6 Å². The fourth-order valence-corrected chi connectivity index (χ4v) is 3.83. The Bertz CT molecular complexity index is 756. The van der Waals surface area contributed by atoms with Gasteiger partial charge in [0.2, 0.25) is 5.91 Å². The minimum atomic E-state index is -0.455. The zero-order valence-electron chi connectivity index (χ0n) is 14.2. The Morgan fingerprint density at radius 1 is 1.23 bits per heavy atom. The van der Waals surface area contributed by atoms with Crippen LogP contribution in [-0.2, 0) is 10.5 Å². The molecule has 0 heterocycles. The number of nitro groups is 1. The van der Waals surface area contributed by atoms with Gasteiger partial charge in [-0.1, -0.05) is 18.2 Å². The summed E-state index contributed by atoms with van der Waals surface area (Å²) in [6.07, 6.45) is 0. The van der Waals surface area contributed by atoms with E-state index in [1.54, 1.807) is 49.0 Å². The van der Waals surface area contributed by atoms with Crippen molar-refractivity contribution in [3.05, 3.63) is 70.0 Å². The predicted molar refractivity (Wildman–Crippen MR) is 104 cm³/mol. The number of nitrogens with one attached hydrogen (secondary N) is 1. The average Bonchev–Trinajstić information content (AvgIpc) is 2.63. The molecule has 1 N–H and O–H groups in total. The fraction of sp³-hybridized carbons (Fsp3) is 0.278. The van der Waals surface area contributed by atoms with Crippen LogP contribution in [0.2, 0.25) is 0 Å². The molecule has 5 nitrogen and oxygen atoms in total. The summed E-state index contributed by atoms with van der Waals surface area (Å²) in [5.74, 6) is 0.946. The Kier molecular flexibility index (Phi) is 7.93. The lowest BCUT2D eigenvalue weighted by Crippen LogP contribution is -2.32. The van der Waals surface area contributed by atoms with Crippen LogP contribution in [0.15, 0.2) is 53.4 Å². The molecule has 0 aliphatic heterocycles. The van der Waals surface area contributed by atoms with Crippen LogP contribution in [-0.4, -0.2) is 28.4 Å². The van der Waals surface area contributed by atoms with Gasteiger partial charge in [0.15, 0.2) is 0 Å². The van der Waals surface area contributed by atoms with Crippen molar-refractivity contribution in [2.45, 2.75) is 22.8 Å². The van der Waals surface area contributed by atoms with E-state index in [9.17, 15) is 19.3 Å². The van der Waals surface area contributed by atoms with Gasteiger partial charge in [-0.2, -0.15) is 11.8 Å². The third-order valence-corrected chi connectivity index (χ3v) is 5.61. The molecule has 0 radical (unpaired) electrons. The molecule has 0 aliphatic carbocycles. The van der Waals surface area contributed by atoms with Crippen LogP contribution in [0, 0.1) is 15.9 Å². The molecule has 8 heteroatoms. The third-order valence-electron chi connectivity index (χ3n) is 3.49. The summed E-state index contributed by atoms with van der Waals surface area (Å²) in [5.41, 5.74) is 0.684. The Morgan fingerprint density at radius 2 is 1.92 bits per heavy atom. The van der Waals surface area contributed by atoms with E-state index in [1.165, 1.54) is 30.0 Å². The van der Waals surface area contributed by atoms with Gasteiger partial charge in [0.25, 0.3) is 5.69 Å². The van der Waals surface area contributed by atoms with Crippen LogP contribution < -0.4 is 5.32 Å². The first-order valence-electron chi connectivity index (χ1n) is 7.97. The molecule has 0 saturated heterocycles. The molecule has 1 amide bonds. The fourth-order valence-electron chi connectivity index (χ4n) is 2.09. The standard InChI is InChI=1S/C18H19FN2O3S2/c1-13(26-16-8-6-15(7-9-16)21(23)24)18(22)20-10-11-25-12-14-4-2-3-5-17(14)19/h2-9,13H,10-12H2,1H3,(H,20,22)/t13-/m0/s1. The first kappa shape index (κ1) is 20.3. The van der Waals surface area contributed by atoms with Crippen molar-refractivity contribution in [3.63, 3.8) is 0 Å². The molecule has 0 spiro atoms. The van der Waals surface area contributed by atoms with E-state index in [-0.39, 0.29) is 22.7 Å². The maximum atomic E-state index is 13.5. The Labute approximate surface area is 159 Å². The van der Waals surface area contributed by atoms with Gasteiger partial charge < -0.3 is 5.32 Å². The molecule has 0 unspecified atom stereocenters. The Balaban J connectivity index is 1.68. The van der Waals surface area contributed by atoms with Crippen molar-refractivity contribution >= 4 is 35.1 Å². The van der Waals surface area contributed by atoms with E-state index in [4.69, 9.17) is 0 Å². The predicted octanol–water partition coefficient (Wildman–Crippen LogP) is 4.26. The number of rotatable bonds is 9. The zero-order valence-corrected chi connectivity index (χ0v) is 15.8. The summed E-state index contributed by atoms with van der Waals surface area (Å²) >= 11 is 2.90. The topological polar surface area (TPSA) is 72.2 Å². The highest BCUT2D eigenvalue weighted by Gasteiger charge is 2.14. The number of thioether (sulfide) groups is 2. The second kappa shape index (κ2) is 10.2. The molecule has 138 valence electrons. The summed E-state index contributed by atoms with van der Waals surface area (Å²) in [6.45, 7) is 2.29. The molecular formula is C18H19FN2O3S2. The maximum absolute atomic E-state index is 13.5. The largest absolute Gasteiger partial charge is 0.354 e. The number of amides is 1. The second-order valence-electron chi connectivity index (χ2n) is 5.45. The lowest BCUT2D eigenvalue weighted by molar-refractivity contribution is -0.384. The van der Waals surface area contributed by atoms with Gasteiger partial charge in [0.1, 0.15) is 5.82 Å². The van der Waals surface area contributed by atoms with Gasteiger partial charge in [-0.15, -0.1) is 11.8 Å². The molecule has 1 atom stereocenters. The van der Waals surface area contributed by atoms with Gasteiger partial charge >= 0.3 is 0 Å². The van der Waals surface area contributed by atoms with Crippen LogP contribution in [0.4, 0.5) is 10.1 Å². The Morgan fingerprint density at radius 3 is 2.58 bits per heavy atom. The number of nitrogens with zero attached hydrogens (tertiary/aromatic N) is 1. The third kappa shape index (κ3) is 6.34. The summed E-state index contributed by atoms with van der Waals surface area (Å²) in [7, 11) is 0. The maximum Gasteiger partial charge on any atom is 0.269 e. The van der Waals surface area contributed by atoms with Gasteiger partial charge in [0.05, 0.1) is 10.2 Å². The molecule has 2 rings (SSSR count). The smallest absolute Gasteiger partial charge is 0.269 e. The molecule has 0 fully saturated rings. The van der Waals surface area contributed by atoms with Crippen LogP contribution in [0.25, 0.3) is 0 Å². The van der Waals surface area contributed by atoms with Crippen molar-refractivity contribution < 1.29 is 14.1 Å². The molecule has 26 heavy (non-hydrogen) atoms. The van der Waals surface area contributed by atoms with E-state index in [0.717, 1.165) is 4.90 Å². The normalized spacial score (nSPS) is 11.8. The minimum Gasteiger partial charge on any atom is -0.354 e. The van der Waals surface area contributed by atoms with Crippen molar-refractivity contribution in [1.29, 1.82) is 0 Å². The quantitative estimate of drug-likeness (QED) is 0.298. The lowest BCUT2D eigenvalue weighted by atomic mass is 10.2. The Hall–Kier alpha value is -2.06. The first-order chi connectivity index (χ1) is 12.5. The number of non-ortho nitro benzene ring substituents is 1. The zero-order chi connectivity index (χ0) is 18.9. The molecule has 0 aliphatic rings. The first-order valence-corrected chi connectivity index (χ1v) is 10.0. The highest BCUT2D eigenvalue weighted by Crippen LogP contribution is 2.25. The van der Waals surface area contributed by atoms with Gasteiger partial charge in [-0.3, -0.25) is 14.9 Å². The summed E-state index contributed by atoms with van der Waals surface area (Å²) in [5, 5.41) is 13.2. The van der Waals surface area contributed by atoms with E-state index in [1.807, 2.05) is 0 Å². The lowest BCUT2D eigenvalue weighted by Gasteiger charge is -2.12. The summed E-state index contributed by atoms with van der Waals surface area (Å²) in [4.78, 5) is 23.1. The van der Waals surface area contributed by atoms with Crippen molar-refractivity contribution in [2.24, 2.45) is 0 Å². The highest BCUT2D eigenvalue weighted by atomic mass is 32.2. The van der Waals surface area contributed by atoms with Gasteiger partial charge in [0, 0.05) is 35.1 Å². The van der Waals surface area contributed by atoms with Crippen LogP contribution in [0.1, 0.15) is 12.5 Å². The monoisotopic (exact) mass is 394 g/mol. The van der Waals surface area contributed by atoms with Gasteiger partial charge in [-0.05, 0) is 30.7 Å². The number of carbonyl (C=O) groups is 1. The SMILES string of the molecule is C[C@H](Sc1ccc([N+](=O)[O-])cc1)C(=O)NCCSCc1ccccc1F. The number of hydrogen-bond acceptors (Lipinski definition) is 5. The highest BCUT2D eigenvalue weighted by molar-refractivity contribution is 8.00. The van der Waals surface area contributed by atoms with Crippen LogP contribution in [0.5, 0.6) is 0 Å². The molecule has 0 saturated carbocycles. The molecule has 0 aromatic heterocycles. The van der Waals surface area contributed by atoms with E-state index >= 15 is 0 Å². The minimum absolute atomic E-state index is 0.0262. The summed E-state index contributed by atoms with van der Waals surface area (Å²) < 4.78 is 13.5. The van der Waals surface area contributed by atoms with Crippen molar-refractivity contribution in [2.75, 3.05) is 12.3 Å². The van der Waals surface area contributed by atoms with Crippen molar-refractivity contribution in [1.82, 2.24) is 5.32 Å². The van der Waals surface area contributed by atoms with E-state index < -0.39 is 4.92 Å². The average molecular weight is 394 g/mol. The molecule has 2 aromatic carbocycles. The molecule has 0 bridgehead atoms. The second-order valence-corrected chi connectivity index (χ2v) is 7.97. The van der Waals surface area contributed by atoms with Crippen LogP contribution in [0.3, 0.4) is 0 Å². The number of halogens is 1. The van der Waals surface area contributed by atoms with Gasteiger partial charge in [-0.25, -0.2) is 4.39 Å². The van der Waals surface area contributed by atoms with Crippen molar-refractivity contribution in [3.8, 4) is 0 Å². The van der Waals surface area contributed by atoms with E-state index in [2.05, 4.69) is 5.32 Å². The van der Waals surface area contributed by atoms with Crippen LogP contribution >= 0.6 is 23.5 Å². The molecular weight excluding hydrogens is 375 g/mol. The number of nitro benzene ring substituents is 1. The number of benzene rings is 2. The number of carbonyl (C=O) groups excluding carboxylic acids is 1. The molecule has 2 aromatic rings.